The summed E-state index contributed by atoms with van der Waals surface area (Å²) in [5.74, 6) is 0.106. The third-order valence-electron chi connectivity index (χ3n) is 6.28. The molecule has 0 saturated carbocycles. The van der Waals surface area contributed by atoms with Gasteiger partial charge in [-0.25, -0.2) is 0 Å². The smallest absolute Gasteiger partial charge is 0.408 e. The third kappa shape index (κ3) is 8.16. The van der Waals surface area contributed by atoms with Crippen LogP contribution in [0.1, 0.15) is 32.3 Å². The molecule has 1 aromatic rings. The molecule has 0 atom stereocenters. The van der Waals surface area contributed by atoms with Crippen LogP contribution in [0.15, 0.2) is 29.3 Å². The Balaban J connectivity index is 1.41. The minimum atomic E-state index is -4.36. The quantitative estimate of drug-likeness (QED) is 0.348. The van der Waals surface area contributed by atoms with Gasteiger partial charge < -0.3 is 15.4 Å². The Morgan fingerprint density at radius 3 is 2.26 bits per heavy atom. The van der Waals surface area contributed by atoms with Crippen molar-refractivity contribution in [3.05, 3.63) is 29.8 Å². The van der Waals surface area contributed by atoms with E-state index in [1.165, 1.54) is 0 Å². The average molecular weight is 484 g/mol. The highest BCUT2D eigenvalue weighted by molar-refractivity contribution is 5.97. The molecular weight excluding hydrogens is 447 g/mol. The first-order valence-corrected chi connectivity index (χ1v) is 11.9. The number of anilines is 1. The molecule has 2 heterocycles. The molecule has 2 fully saturated rings. The lowest BCUT2D eigenvalue weighted by Crippen LogP contribution is -2.53. The number of hydrogen-bond acceptors (Lipinski definition) is 6. The summed E-state index contributed by atoms with van der Waals surface area (Å²) in [6, 6.07) is 7.74. The van der Waals surface area contributed by atoms with E-state index in [4.69, 9.17) is 10.5 Å². The number of amidine groups is 1. The molecule has 34 heavy (non-hydrogen) atoms. The molecule has 2 aliphatic rings. The summed E-state index contributed by atoms with van der Waals surface area (Å²) >= 11 is 0. The number of benzene rings is 1. The van der Waals surface area contributed by atoms with Crippen LogP contribution in [0, 0.1) is 5.92 Å². The van der Waals surface area contributed by atoms with Crippen molar-refractivity contribution in [1.29, 1.82) is 0 Å². The molecule has 0 radical (unpaired) electrons. The van der Waals surface area contributed by atoms with Crippen molar-refractivity contribution >= 4 is 17.5 Å². The topological polar surface area (TPSA) is 74.4 Å². The number of hydrogen-bond donors (Lipinski definition) is 1. The lowest BCUT2D eigenvalue weighted by molar-refractivity contribution is -0.146. The van der Waals surface area contributed by atoms with E-state index in [2.05, 4.69) is 19.7 Å². The van der Waals surface area contributed by atoms with Gasteiger partial charge in [-0.3, -0.25) is 19.6 Å². The van der Waals surface area contributed by atoms with Gasteiger partial charge in [0.15, 0.2) is 0 Å². The van der Waals surface area contributed by atoms with Gasteiger partial charge in [-0.15, -0.1) is 0 Å². The summed E-state index contributed by atoms with van der Waals surface area (Å²) in [4.78, 5) is 22.4. The lowest BCUT2D eigenvalue weighted by atomic mass is 10.0. The fraction of sp³-hybridized carbons (Fsp3) is 0.667. The van der Waals surface area contributed by atoms with Crippen LogP contribution in [0.5, 0.6) is 0 Å². The number of carbonyl (C=O) groups excluding carboxylic acids is 1. The highest BCUT2D eigenvalue weighted by Crippen LogP contribution is 2.22. The van der Waals surface area contributed by atoms with Crippen LogP contribution in [-0.4, -0.2) is 92.8 Å². The van der Waals surface area contributed by atoms with Gasteiger partial charge in [0.1, 0.15) is 12.4 Å². The SMILES string of the molecule is CC(C)COC(=O)CN1CCC(N2CCN(c3ccc(C(N)=NCC(F)(F)F)cc3)CC2)CC1. The number of likely N-dealkylation sites (tertiary alicyclic amines) is 1. The maximum absolute atomic E-state index is 12.3. The molecule has 0 spiro atoms. The van der Waals surface area contributed by atoms with Crippen molar-refractivity contribution in [2.45, 2.75) is 38.9 Å². The zero-order valence-electron chi connectivity index (χ0n) is 20.1. The number of nitrogens with zero attached hydrogens (tertiary/aromatic N) is 4. The summed E-state index contributed by atoms with van der Waals surface area (Å²) in [5, 5.41) is 0. The van der Waals surface area contributed by atoms with E-state index in [0.29, 0.717) is 30.7 Å². The Morgan fingerprint density at radius 2 is 1.71 bits per heavy atom. The van der Waals surface area contributed by atoms with E-state index in [0.717, 1.165) is 57.8 Å². The van der Waals surface area contributed by atoms with Gasteiger partial charge in [-0.1, -0.05) is 13.8 Å². The third-order valence-corrected chi connectivity index (χ3v) is 6.28. The molecule has 3 rings (SSSR count). The van der Waals surface area contributed by atoms with Gasteiger partial charge in [0.25, 0.3) is 0 Å². The van der Waals surface area contributed by atoms with Crippen LogP contribution in [0.25, 0.3) is 0 Å². The van der Waals surface area contributed by atoms with E-state index < -0.39 is 12.7 Å². The van der Waals surface area contributed by atoms with Crippen LogP contribution >= 0.6 is 0 Å². The number of rotatable bonds is 8. The lowest BCUT2D eigenvalue weighted by Gasteiger charge is -2.43. The summed E-state index contributed by atoms with van der Waals surface area (Å²) in [6.45, 7) is 9.12. The number of aliphatic imine (C=N–C) groups is 1. The van der Waals surface area contributed by atoms with Crippen LogP contribution in [0.3, 0.4) is 0 Å². The van der Waals surface area contributed by atoms with Gasteiger partial charge >= 0.3 is 12.1 Å². The van der Waals surface area contributed by atoms with Crippen molar-refractivity contribution in [3.8, 4) is 0 Å². The van der Waals surface area contributed by atoms with Crippen LogP contribution in [0.4, 0.5) is 18.9 Å². The van der Waals surface area contributed by atoms with Crippen LogP contribution < -0.4 is 10.6 Å². The summed E-state index contributed by atoms with van der Waals surface area (Å²) in [7, 11) is 0. The Kier molecular flexibility index (Phi) is 9.18. The summed E-state index contributed by atoms with van der Waals surface area (Å²) in [6.07, 6.45) is -2.27. The fourth-order valence-corrected chi connectivity index (χ4v) is 4.38. The number of alkyl halides is 3. The number of piperazine rings is 1. The molecule has 1 aromatic carbocycles. The van der Waals surface area contributed by atoms with E-state index in [1.54, 1.807) is 12.1 Å². The van der Waals surface area contributed by atoms with Crippen molar-refractivity contribution < 1.29 is 22.7 Å². The first kappa shape index (κ1) is 26.3. The maximum atomic E-state index is 12.3. The number of esters is 1. The molecule has 2 N–H and O–H groups in total. The van der Waals surface area contributed by atoms with Crippen LogP contribution in [0.2, 0.25) is 0 Å². The molecule has 10 heteroatoms. The highest BCUT2D eigenvalue weighted by Gasteiger charge is 2.29. The summed E-state index contributed by atoms with van der Waals surface area (Å²) < 4.78 is 42.3. The number of nitrogens with two attached hydrogens (primary N) is 1. The number of halogens is 3. The van der Waals surface area contributed by atoms with Gasteiger partial charge in [-0.2, -0.15) is 13.2 Å². The fourth-order valence-electron chi connectivity index (χ4n) is 4.38. The zero-order chi connectivity index (χ0) is 24.7. The van der Waals surface area contributed by atoms with Gasteiger partial charge in [0.2, 0.25) is 0 Å². The molecule has 0 aliphatic carbocycles. The number of piperidine rings is 1. The minimum Gasteiger partial charge on any atom is -0.464 e. The van der Waals surface area contributed by atoms with E-state index in [1.807, 2.05) is 26.0 Å². The maximum Gasteiger partial charge on any atom is 0.408 e. The number of carbonyl (C=O) groups is 1. The Hall–Kier alpha value is -2.33. The largest absolute Gasteiger partial charge is 0.464 e. The van der Waals surface area contributed by atoms with Gasteiger partial charge in [-0.05, 0) is 43.0 Å². The second-order valence-electron chi connectivity index (χ2n) is 9.47. The van der Waals surface area contributed by atoms with Crippen molar-refractivity contribution in [3.63, 3.8) is 0 Å². The van der Waals surface area contributed by atoms with Crippen molar-refractivity contribution in [2.24, 2.45) is 16.6 Å². The van der Waals surface area contributed by atoms with E-state index in [-0.39, 0.29) is 11.8 Å². The molecule has 0 amide bonds. The van der Waals surface area contributed by atoms with Crippen molar-refractivity contribution in [1.82, 2.24) is 9.80 Å². The Labute approximate surface area is 199 Å². The van der Waals surface area contributed by atoms with Crippen LogP contribution in [-0.2, 0) is 9.53 Å². The average Bonchev–Trinajstić information content (AvgIpc) is 2.81. The summed E-state index contributed by atoms with van der Waals surface area (Å²) in [5.41, 5.74) is 7.22. The molecule has 0 aromatic heterocycles. The molecular formula is C24H36F3N5O2. The number of ether oxygens (including phenoxy) is 1. The molecule has 2 aliphatic heterocycles. The standard InChI is InChI=1S/C24H36F3N5O2/c1-18(2)16-34-22(33)15-30-9-7-21(8-10-30)32-13-11-31(12-14-32)20-5-3-19(4-6-20)23(28)29-17-24(25,26)27/h3-6,18,21H,7-17H2,1-2H3,(H2,28,29). The van der Waals surface area contributed by atoms with E-state index >= 15 is 0 Å². The Bertz CT molecular complexity index is 813. The van der Waals surface area contributed by atoms with Crippen molar-refractivity contribution in [2.75, 3.05) is 63.9 Å². The van der Waals surface area contributed by atoms with Gasteiger partial charge in [0.05, 0.1) is 13.2 Å². The second-order valence-corrected chi connectivity index (χ2v) is 9.47. The highest BCUT2D eigenvalue weighted by atomic mass is 19.4. The first-order valence-electron chi connectivity index (χ1n) is 11.9. The monoisotopic (exact) mass is 483 g/mol. The first-order chi connectivity index (χ1) is 16.1. The molecule has 7 nitrogen and oxygen atoms in total. The van der Waals surface area contributed by atoms with Gasteiger partial charge in [0, 0.05) is 56.6 Å². The predicted molar refractivity (Wildman–Crippen MR) is 127 cm³/mol. The molecule has 190 valence electrons. The minimum absolute atomic E-state index is 0.103. The second kappa shape index (κ2) is 11.9. The molecule has 0 unspecified atom stereocenters. The molecule has 0 bridgehead atoms. The molecule has 2 saturated heterocycles. The van der Waals surface area contributed by atoms with E-state index in [9.17, 15) is 18.0 Å². The normalized spacial score (nSPS) is 19.6. The zero-order valence-corrected chi connectivity index (χ0v) is 20.1. The predicted octanol–water partition coefficient (Wildman–Crippen LogP) is 2.74. The Morgan fingerprint density at radius 1 is 1.09 bits per heavy atom.